The van der Waals surface area contributed by atoms with E-state index in [4.69, 9.17) is 0 Å². The Kier molecular flexibility index (Phi) is 1.69. The van der Waals surface area contributed by atoms with Crippen molar-refractivity contribution >= 4 is 31.0 Å². The van der Waals surface area contributed by atoms with Gasteiger partial charge in [0.15, 0.2) is 0 Å². The summed E-state index contributed by atoms with van der Waals surface area (Å²) >= 11 is 0. The first kappa shape index (κ1) is 8.04. The minimum atomic E-state index is -0.223. The Hall–Kier alpha value is -1.58. The Balaban J connectivity index is 2.67. The maximum Gasteiger partial charge on any atom is 0.143 e. The molecule has 0 aromatic heterocycles. The third-order valence-corrected chi connectivity index (χ3v) is 2.04. The fourth-order valence-corrected chi connectivity index (χ4v) is 1.27. The number of halogens is 1. The molecule has 2 nitrogen and oxygen atoms in total. The first-order valence-electron chi connectivity index (χ1n) is 3.97. The maximum atomic E-state index is 13.2. The van der Waals surface area contributed by atoms with Crippen molar-refractivity contribution in [2.24, 2.45) is 4.99 Å². The molecular formula is C9H8BFN2. The Morgan fingerprint density at radius 3 is 3.00 bits per heavy atom. The van der Waals surface area contributed by atoms with Crippen LogP contribution in [0.1, 0.15) is 5.56 Å². The highest BCUT2D eigenvalue weighted by atomic mass is 19.1. The molecule has 0 atom stereocenters. The Labute approximate surface area is 76.6 Å². The van der Waals surface area contributed by atoms with Crippen LogP contribution in [0, 0.1) is 5.82 Å². The summed E-state index contributed by atoms with van der Waals surface area (Å²) in [5.74, 6) is -0.223. The van der Waals surface area contributed by atoms with E-state index in [-0.39, 0.29) is 5.82 Å². The smallest absolute Gasteiger partial charge is 0.143 e. The second-order valence-corrected chi connectivity index (χ2v) is 3.00. The fourth-order valence-electron chi connectivity index (χ4n) is 1.27. The predicted molar refractivity (Wildman–Crippen MR) is 54.9 cm³/mol. The number of hydrogen-bond acceptors (Lipinski definition) is 2. The molecule has 0 unspecified atom stereocenters. The van der Waals surface area contributed by atoms with Gasteiger partial charge in [-0.25, -0.2) is 9.38 Å². The minimum Gasteiger partial charge on any atom is -0.346 e. The summed E-state index contributed by atoms with van der Waals surface area (Å²) in [6.45, 7) is 3.76. The number of aliphatic imine (C=N–C) groups is 1. The molecule has 1 aliphatic heterocycles. The molecule has 1 aromatic rings. The number of nitrogens with one attached hydrogen (secondary N) is 1. The third kappa shape index (κ3) is 1.24. The highest BCUT2D eigenvalue weighted by Gasteiger charge is 2.11. The van der Waals surface area contributed by atoms with Gasteiger partial charge in [-0.3, -0.25) is 0 Å². The normalized spacial score (nSPS) is 13.8. The van der Waals surface area contributed by atoms with Crippen LogP contribution in [0.3, 0.4) is 0 Å². The predicted octanol–water partition coefficient (Wildman–Crippen LogP) is 0.318. The zero-order chi connectivity index (χ0) is 9.42. The number of nitrogens with zero attached hydrogens (tertiary/aromatic N) is 1. The summed E-state index contributed by atoms with van der Waals surface area (Å²) in [5.41, 5.74) is 2.78. The van der Waals surface area contributed by atoms with Crippen molar-refractivity contribution in [1.29, 1.82) is 0 Å². The average Bonchev–Trinajstić information content (AvgIpc) is 2.09. The lowest BCUT2D eigenvalue weighted by molar-refractivity contribution is 0.635. The van der Waals surface area contributed by atoms with Crippen LogP contribution in [0.15, 0.2) is 23.7 Å². The first-order chi connectivity index (χ1) is 6.18. The first-order valence-corrected chi connectivity index (χ1v) is 3.97. The van der Waals surface area contributed by atoms with E-state index in [1.807, 2.05) is 0 Å². The molecule has 64 valence electrons. The van der Waals surface area contributed by atoms with Crippen molar-refractivity contribution in [1.82, 2.24) is 5.32 Å². The second kappa shape index (κ2) is 2.73. The van der Waals surface area contributed by atoms with Crippen LogP contribution in [0.25, 0.3) is 5.70 Å². The topological polar surface area (TPSA) is 24.4 Å². The standard InChI is InChI=1S/C9H8BFN2/c1-5-6-2-8(11)7(10)3-9(6)13-4-12-5/h2-4H,1,10H2,(H,12,13). The molecule has 0 bridgehead atoms. The highest BCUT2D eigenvalue weighted by Crippen LogP contribution is 2.25. The van der Waals surface area contributed by atoms with Crippen molar-refractivity contribution in [3.63, 3.8) is 0 Å². The van der Waals surface area contributed by atoms with E-state index in [1.54, 1.807) is 20.3 Å². The summed E-state index contributed by atoms with van der Waals surface area (Å²) in [6, 6.07) is 3.17. The lowest BCUT2D eigenvalue weighted by atomic mass is 9.92. The van der Waals surface area contributed by atoms with Gasteiger partial charge in [0, 0.05) is 11.3 Å². The molecule has 4 heteroatoms. The largest absolute Gasteiger partial charge is 0.346 e. The summed E-state index contributed by atoms with van der Waals surface area (Å²) in [5, 5.41) is 2.83. The van der Waals surface area contributed by atoms with E-state index in [2.05, 4.69) is 16.9 Å². The van der Waals surface area contributed by atoms with Crippen molar-refractivity contribution in [3.05, 3.63) is 30.1 Å². The van der Waals surface area contributed by atoms with E-state index >= 15 is 0 Å². The van der Waals surface area contributed by atoms with Crippen LogP contribution in [0.5, 0.6) is 0 Å². The number of benzene rings is 1. The van der Waals surface area contributed by atoms with Gasteiger partial charge in [-0.15, -0.1) is 0 Å². The molecule has 1 N–H and O–H groups in total. The van der Waals surface area contributed by atoms with Crippen molar-refractivity contribution < 1.29 is 4.39 Å². The number of rotatable bonds is 0. The van der Waals surface area contributed by atoms with Crippen LogP contribution in [0.2, 0.25) is 0 Å². The van der Waals surface area contributed by atoms with Crippen molar-refractivity contribution in [2.45, 2.75) is 0 Å². The van der Waals surface area contributed by atoms with E-state index in [0.717, 1.165) is 11.3 Å². The van der Waals surface area contributed by atoms with Gasteiger partial charge in [0.2, 0.25) is 0 Å². The van der Waals surface area contributed by atoms with Gasteiger partial charge < -0.3 is 5.32 Å². The van der Waals surface area contributed by atoms with Gasteiger partial charge in [-0.2, -0.15) is 0 Å². The lowest BCUT2D eigenvalue weighted by Crippen LogP contribution is -2.16. The number of hydrogen-bond donors (Lipinski definition) is 1. The molecule has 0 saturated heterocycles. The summed E-state index contributed by atoms with van der Waals surface area (Å²) in [6.07, 6.45) is 1.56. The average molecular weight is 174 g/mol. The molecular weight excluding hydrogens is 166 g/mol. The molecule has 0 spiro atoms. The zero-order valence-corrected chi connectivity index (χ0v) is 7.26. The van der Waals surface area contributed by atoms with Crippen LogP contribution >= 0.6 is 0 Å². The van der Waals surface area contributed by atoms with Crippen LogP contribution in [-0.2, 0) is 0 Å². The molecule has 13 heavy (non-hydrogen) atoms. The molecule has 1 aromatic carbocycles. The van der Waals surface area contributed by atoms with E-state index in [1.165, 1.54) is 6.07 Å². The zero-order valence-electron chi connectivity index (χ0n) is 7.26. The van der Waals surface area contributed by atoms with Gasteiger partial charge >= 0.3 is 0 Å². The Morgan fingerprint density at radius 2 is 2.23 bits per heavy atom. The molecule has 1 heterocycles. The molecule has 0 amide bonds. The van der Waals surface area contributed by atoms with E-state index < -0.39 is 0 Å². The van der Waals surface area contributed by atoms with Gasteiger partial charge in [-0.05, 0) is 12.1 Å². The third-order valence-electron chi connectivity index (χ3n) is 2.04. The molecule has 0 radical (unpaired) electrons. The Bertz CT molecular complexity index is 412. The molecule has 1 aliphatic rings. The lowest BCUT2D eigenvalue weighted by Gasteiger charge is -2.14. The molecule has 0 fully saturated rings. The van der Waals surface area contributed by atoms with Gasteiger partial charge in [0.25, 0.3) is 0 Å². The van der Waals surface area contributed by atoms with E-state index in [0.29, 0.717) is 11.2 Å². The van der Waals surface area contributed by atoms with Crippen molar-refractivity contribution in [2.75, 3.05) is 0 Å². The second-order valence-electron chi connectivity index (χ2n) is 3.00. The van der Waals surface area contributed by atoms with Crippen LogP contribution in [-0.4, -0.2) is 14.2 Å². The molecule has 2 rings (SSSR count). The van der Waals surface area contributed by atoms with Gasteiger partial charge in [0.1, 0.15) is 13.7 Å². The quantitative estimate of drug-likeness (QED) is 0.562. The molecule has 0 saturated carbocycles. The van der Waals surface area contributed by atoms with Crippen molar-refractivity contribution in [3.8, 4) is 0 Å². The summed E-state index contributed by atoms with van der Waals surface area (Å²) < 4.78 is 13.2. The van der Waals surface area contributed by atoms with Crippen LogP contribution < -0.4 is 10.8 Å². The Morgan fingerprint density at radius 1 is 1.46 bits per heavy atom. The van der Waals surface area contributed by atoms with Gasteiger partial charge in [0.05, 0.1) is 12.0 Å². The summed E-state index contributed by atoms with van der Waals surface area (Å²) in [7, 11) is 1.72. The monoisotopic (exact) mass is 174 g/mol. The molecule has 0 aliphatic carbocycles. The fraction of sp³-hybridized carbons (Fsp3) is 0. The number of fused-ring (bicyclic) bond motifs is 1. The van der Waals surface area contributed by atoms with Gasteiger partial charge in [-0.1, -0.05) is 12.0 Å². The van der Waals surface area contributed by atoms with Crippen LogP contribution in [0.4, 0.5) is 10.1 Å². The summed E-state index contributed by atoms with van der Waals surface area (Å²) in [4.78, 5) is 4.08. The SMILES string of the molecule is Bc1cc2c(cc1F)C(=C)NC=N2. The van der Waals surface area contributed by atoms with E-state index in [9.17, 15) is 4.39 Å². The minimum absolute atomic E-state index is 0.223. The maximum absolute atomic E-state index is 13.2. The highest BCUT2D eigenvalue weighted by molar-refractivity contribution is 6.33.